The maximum absolute atomic E-state index is 11.6. The summed E-state index contributed by atoms with van der Waals surface area (Å²) in [4.78, 5) is 4.73. The van der Waals surface area contributed by atoms with E-state index in [2.05, 4.69) is 31.5 Å². The van der Waals surface area contributed by atoms with Crippen LogP contribution in [0.5, 0.6) is 0 Å². The summed E-state index contributed by atoms with van der Waals surface area (Å²) in [5, 5.41) is 6.60. The van der Waals surface area contributed by atoms with Crippen molar-refractivity contribution in [2.24, 2.45) is 5.92 Å². The molecule has 0 radical (unpaired) electrons. The molecule has 1 aliphatic heterocycles. The van der Waals surface area contributed by atoms with Crippen molar-refractivity contribution in [3.63, 3.8) is 0 Å². The van der Waals surface area contributed by atoms with E-state index in [1.807, 2.05) is 7.05 Å². The highest BCUT2D eigenvalue weighted by Gasteiger charge is 2.29. The normalized spacial score (nSPS) is 23.3. The lowest BCUT2D eigenvalue weighted by molar-refractivity contribution is 0.423. The van der Waals surface area contributed by atoms with Gasteiger partial charge in [0.2, 0.25) is 0 Å². The third kappa shape index (κ3) is 4.76. The van der Waals surface area contributed by atoms with E-state index < -0.39 is 9.84 Å². The van der Waals surface area contributed by atoms with Crippen molar-refractivity contribution in [2.75, 3.05) is 18.6 Å². The van der Waals surface area contributed by atoms with Crippen molar-refractivity contribution in [3.8, 4) is 0 Å². The quantitative estimate of drug-likeness (QED) is 0.900. The van der Waals surface area contributed by atoms with Crippen LogP contribution in [0, 0.1) is 5.92 Å². The number of hydrogen-bond acceptors (Lipinski definition) is 5. The minimum Gasteiger partial charge on any atom is -0.317 e. The van der Waals surface area contributed by atoms with Crippen molar-refractivity contribution < 1.29 is 8.42 Å². The average molecular weight is 331 g/mol. The summed E-state index contributed by atoms with van der Waals surface area (Å²) in [5.74, 6) is 1.02. The molecular formula is C15H26N2O2S2. The molecule has 1 fully saturated rings. The van der Waals surface area contributed by atoms with E-state index in [0.29, 0.717) is 23.5 Å². The van der Waals surface area contributed by atoms with E-state index in [0.717, 1.165) is 30.0 Å². The van der Waals surface area contributed by atoms with Crippen LogP contribution in [0.15, 0.2) is 5.38 Å². The fourth-order valence-corrected chi connectivity index (χ4v) is 5.71. The number of sulfone groups is 1. The summed E-state index contributed by atoms with van der Waals surface area (Å²) in [7, 11) is -0.827. The van der Waals surface area contributed by atoms with Crippen LogP contribution in [0.25, 0.3) is 0 Å². The molecule has 1 N–H and O–H groups in total. The molecule has 6 heteroatoms. The van der Waals surface area contributed by atoms with Crippen LogP contribution in [0.1, 0.15) is 44.3 Å². The molecule has 2 heterocycles. The first-order valence-corrected chi connectivity index (χ1v) is 10.2. The highest BCUT2D eigenvalue weighted by Crippen LogP contribution is 2.27. The summed E-state index contributed by atoms with van der Waals surface area (Å²) in [5.41, 5.74) is 1.23. The van der Waals surface area contributed by atoms with Gasteiger partial charge in [-0.25, -0.2) is 13.4 Å². The van der Waals surface area contributed by atoms with Crippen LogP contribution < -0.4 is 5.32 Å². The summed E-state index contributed by atoms with van der Waals surface area (Å²) in [6, 6.07) is 0.308. The second-order valence-electron chi connectivity index (χ2n) is 7.07. The Bertz CT molecular complexity index is 573. The average Bonchev–Trinajstić information content (AvgIpc) is 2.95. The largest absolute Gasteiger partial charge is 0.317 e. The smallest absolute Gasteiger partial charge is 0.150 e. The first-order valence-electron chi connectivity index (χ1n) is 7.52. The third-order valence-corrected chi connectivity index (χ3v) is 6.80. The topological polar surface area (TPSA) is 59.1 Å². The molecule has 21 heavy (non-hydrogen) atoms. The minimum atomic E-state index is -2.78. The molecule has 0 aliphatic carbocycles. The van der Waals surface area contributed by atoms with E-state index in [4.69, 9.17) is 4.98 Å². The van der Waals surface area contributed by atoms with Crippen molar-refractivity contribution in [2.45, 2.75) is 51.5 Å². The van der Waals surface area contributed by atoms with Gasteiger partial charge in [0.15, 0.2) is 9.84 Å². The Kier molecular flexibility index (Phi) is 5.11. The zero-order valence-electron chi connectivity index (χ0n) is 13.3. The van der Waals surface area contributed by atoms with Gasteiger partial charge in [-0.15, -0.1) is 11.3 Å². The molecule has 0 saturated carbocycles. The Morgan fingerprint density at radius 1 is 1.48 bits per heavy atom. The summed E-state index contributed by atoms with van der Waals surface area (Å²) >= 11 is 1.71. The van der Waals surface area contributed by atoms with Gasteiger partial charge < -0.3 is 5.32 Å². The molecule has 0 spiro atoms. The predicted molar refractivity (Wildman–Crippen MR) is 88.7 cm³/mol. The fraction of sp³-hybridized carbons (Fsp3) is 0.800. The summed E-state index contributed by atoms with van der Waals surface area (Å²) in [6.07, 6.45) is 2.61. The molecule has 0 amide bonds. The zero-order chi connectivity index (χ0) is 15.7. The summed E-state index contributed by atoms with van der Waals surface area (Å²) < 4.78 is 23.1. The highest BCUT2D eigenvalue weighted by molar-refractivity contribution is 7.91. The lowest BCUT2D eigenvalue weighted by Gasteiger charge is -2.18. The SMILES string of the molecule is CNC(Cc1nc(C(C)(C)C)cs1)CC1CCS(=O)(=O)C1. The Morgan fingerprint density at radius 2 is 2.19 bits per heavy atom. The Hall–Kier alpha value is -0.460. The fourth-order valence-electron chi connectivity index (χ4n) is 2.72. The van der Waals surface area contributed by atoms with Crippen molar-refractivity contribution >= 4 is 21.2 Å². The molecule has 1 aliphatic rings. The number of likely N-dealkylation sites (N-methyl/N-ethyl adjacent to an activating group) is 1. The van der Waals surface area contributed by atoms with Crippen molar-refractivity contribution in [1.29, 1.82) is 0 Å². The molecule has 0 bridgehead atoms. The Balaban J connectivity index is 1.95. The van der Waals surface area contributed by atoms with Gasteiger partial charge in [-0.3, -0.25) is 0 Å². The predicted octanol–water partition coefficient (Wildman–Crippen LogP) is 2.40. The number of nitrogens with zero attached hydrogens (tertiary/aromatic N) is 1. The Morgan fingerprint density at radius 3 is 2.67 bits per heavy atom. The van der Waals surface area contributed by atoms with Gasteiger partial charge in [-0.05, 0) is 25.8 Å². The van der Waals surface area contributed by atoms with E-state index in [9.17, 15) is 8.42 Å². The molecule has 0 aromatic carbocycles. The number of nitrogens with one attached hydrogen (secondary N) is 1. The zero-order valence-corrected chi connectivity index (χ0v) is 15.0. The van der Waals surface area contributed by atoms with Gasteiger partial charge in [0, 0.05) is 23.3 Å². The lowest BCUT2D eigenvalue weighted by Crippen LogP contribution is -2.30. The van der Waals surface area contributed by atoms with E-state index in [1.165, 1.54) is 0 Å². The van der Waals surface area contributed by atoms with E-state index in [-0.39, 0.29) is 5.41 Å². The van der Waals surface area contributed by atoms with Crippen LogP contribution in [0.2, 0.25) is 0 Å². The number of aromatic nitrogens is 1. The van der Waals surface area contributed by atoms with Crippen LogP contribution in [0.4, 0.5) is 0 Å². The van der Waals surface area contributed by atoms with Crippen molar-refractivity contribution in [3.05, 3.63) is 16.1 Å². The first-order chi connectivity index (χ1) is 9.69. The van der Waals surface area contributed by atoms with Gasteiger partial charge in [0.05, 0.1) is 22.2 Å². The molecular weight excluding hydrogens is 304 g/mol. The molecule has 120 valence electrons. The molecule has 2 unspecified atom stereocenters. The summed E-state index contributed by atoms with van der Waals surface area (Å²) in [6.45, 7) is 6.51. The second-order valence-corrected chi connectivity index (χ2v) is 10.2. The van der Waals surface area contributed by atoms with Crippen LogP contribution in [-0.4, -0.2) is 38.0 Å². The number of thiazole rings is 1. The standard InChI is InChI=1S/C15H26N2O2S2/c1-15(2,3)13-9-20-14(17-13)8-12(16-4)7-11-5-6-21(18,19)10-11/h9,11-12,16H,5-8,10H2,1-4H3. The van der Waals surface area contributed by atoms with Crippen molar-refractivity contribution in [1.82, 2.24) is 10.3 Å². The van der Waals surface area contributed by atoms with Gasteiger partial charge >= 0.3 is 0 Å². The van der Waals surface area contributed by atoms with Gasteiger partial charge in [0.25, 0.3) is 0 Å². The van der Waals surface area contributed by atoms with Crippen LogP contribution >= 0.6 is 11.3 Å². The number of hydrogen-bond donors (Lipinski definition) is 1. The maximum Gasteiger partial charge on any atom is 0.150 e. The molecule has 1 aromatic heterocycles. The van der Waals surface area contributed by atoms with Crippen LogP contribution in [-0.2, 0) is 21.7 Å². The number of rotatable bonds is 5. The van der Waals surface area contributed by atoms with Gasteiger partial charge in [-0.1, -0.05) is 20.8 Å². The van der Waals surface area contributed by atoms with Crippen LogP contribution in [0.3, 0.4) is 0 Å². The van der Waals surface area contributed by atoms with E-state index >= 15 is 0 Å². The monoisotopic (exact) mass is 330 g/mol. The molecule has 2 rings (SSSR count). The third-order valence-electron chi connectivity index (χ3n) is 4.09. The van der Waals surface area contributed by atoms with Gasteiger partial charge in [0.1, 0.15) is 0 Å². The molecule has 2 atom stereocenters. The van der Waals surface area contributed by atoms with E-state index in [1.54, 1.807) is 11.3 Å². The molecule has 4 nitrogen and oxygen atoms in total. The Labute approximate surface area is 132 Å². The molecule has 1 saturated heterocycles. The lowest BCUT2D eigenvalue weighted by atomic mass is 9.93. The first kappa shape index (κ1) is 16.9. The molecule has 1 aromatic rings. The highest BCUT2D eigenvalue weighted by atomic mass is 32.2. The second kappa shape index (κ2) is 6.34. The minimum absolute atomic E-state index is 0.0867. The van der Waals surface area contributed by atoms with Gasteiger partial charge in [-0.2, -0.15) is 0 Å². The maximum atomic E-state index is 11.6.